The van der Waals surface area contributed by atoms with E-state index in [4.69, 9.17) is 20.4 Å². The predicted octanol–water partition coefficient (Wildman–Crippen LogP) is 2.38. The maximum atomic E-state index is 8.60. The van der Waals surface area contributed by atoms with Gasteiger partial charge in [0, 0.05) is 11.8 Å². The molecular formula is C14H20N2O3. The van der Waals surface area contributed by atoms with Gasteiger partial charge in [0.25, 0.3) is 0 Å². The van der Waals surface area contributed by atoms with Gasteiger partial charge in [-0.05, 0) is 44.0 Å². The summed E-state index contributed by atoms with van der Waals surface area (Å²) >= 11 is 0. The first kappa shape index (κ1) is 13.5. The van der Waals surface area contributed by atoms with Crippen molar-refractivity contribution in [1.29, 1.82) is 0 Å². The second-order valence-electron chi connectivity index (χ2n) is 4.96. The third kappa shape index (κ3) is 3.77. The number of nitrogens with zero attached hydrogens (tertiary/aromatic N) is 1. The SMILES string of the molecule is CCOc1ccc(OCC2(CC(N)=NO)CC2)cc1. The molecule has 1 aromatic rings. The van der Waals surface area contributed by atoms with Crippen LogP contribution >= 0.6 is 0 Å². The Labute approximate surface area is 113 Å². The van der Waals surface area contributed by atoms with E-state index in [1.54, 1.807) is 0 Å². The lowest BCUT2D eigenvalue weighted by atomic mass is 10.0. The van der Waals surface area contributed by atoms with Crippen molar-refractivity contribution >= 4 is 5.84 Å². The second-order valence-corrected chi connectivity index (χ2v) is 4.96. The van der Waals surface area contributed by atoms with E-state index in [1.165, 1.54) is 0 Å². The first-order valence-electron chi connectivity index (χ1n) is 6.49. The number of rotatable bonds is 7. The van der Waals surface area contributed by atoms with E-state index >= 15 is 0 Å². The molecule has 0 saturated heterocycles. The van der Waals surface area contributed by atoms with Gasteiger partial charge in [0.05, 0.1) is 13.2 Å². The quantitative estimate of drug-likeness (QED) is 0.343. The maximum Gasteiger partial charge on any atom is 0.139 e. The van der Waals surface area contributed by atoms with E-state index in [0.29, 0.717) is 19.6 Å². The minimum Gasteiger partial charge on any atom is -0.494 e. The van der Waals surface area contributed by atoms with Crippen molar-refractivity contribution in [2.45, 2.75) is 26.2 Å². The fourth-order valence-electron chi connectivity index (χ4n) is 2.00. The van der Waals surface area contributed by atoms with Crippen molar-refractivity contribution in [1.82, 2.24) is 0 Å². The predicted molar refractivity (Wildman–Crippen MR) is 72.8 cm³/mol. The highest BCUT2D eigenvalue weighted by Gasteiger charge is 2.44. The summed E-state index contributed by atoms with van der Waals surface area (Å²) in [6, 6.07) is 7.57. The summed E-state index contributed by atoms with van der Waals surface area (Å²) in [4.78, 5) is 0. The van der Waals surface area contributed by atoms with Crippen LogP contribution in [0.3, 0.4) is 0 Å². The highest BCUT2D eigenvalue weighted by Crippen LogP contribution is 2.49. The summed E-state index contributed by atoms with van der Waals surface area (Å²) in [7, 11) is 0. The van der Waals surface area contributed by atoms with E-state index in [2.05, 4.69) is 5.16 Å². The van der Waals surface area contributed by atoms with Gasteiger partial charge in [0.1, 0.15) is 17.3 Å². The van der Waals surface area contributed by atoms with E-state index in [9.17, 15) is 0 Å². The van der Waals surface area contributed by atoms with Crippen LogP contribution in [0.2, 0.25) is 0 Å². The first-order valence-corrected chi connectivity index (χ1v) is 6.49. The molecule has 2 rings (SSSR count). The molecule has 1 aliphatic carbocycles. The molecule has 1 aromatic carbocycles. The Morgan fingerprint density at radius 1 is 1.26 bits per heavy atom. The third-order valence-corrected chi connectivity index (χ3v) is 3.32. The van der Waals surface area contributed by atoms with Gasteiger partial charge in [0.2, 0.25) is 0 Å². The molecule has 0 unspecified atom stereocenters. The fourth-order valence-corrected chi connectivity index (χ4v) is 2.00. The standard InChI is InChI=1S/C14H20N2O3/c1-2-18-11-3-5-12(6-4-11)19-10-14(7-8-14)9-13(15)16-17/h3-6,17H,2,7-10H2,1H3,(H2,15,16). The van der Waals surface area contributed by atoms with Gasteiger partial charge in [-0.25, -0.2) is 0 Å². The lowest BCUT2D eigenvalue weighted by Gasteiger charge is -2.15. The van der Waals surface area contributed by atoms with Crippen LogP contribution in [0, 0.1) is 5.41 Å². The van der Waals surface area contributed by atoms with Crippen LogP contribution in [0.4, 0.5) is 0 Å². The molecule has 1 aliphatic rings. The van der Waals surface area contributed by atoms with Crippen molar-refractivity contribution in [3.8, 4) is 11.5 Å². The van der Waals surface area contributed by atoms with Gasteiger partial charge in [-0.1, -0.05) is 5.16 Å². The number of nitrogens with two attached hydrogens (primary N) is 1. The molecule has 0 bridgehead atoms. The van der Waals surface area contributed by atoms with E-state index in [-0.39, 0.29) is 11.3 Å². The number of hydrogen-bond acceptors (Lipinski definition) is 4. The minimum absolute atomic E-state index is 0.0505. The Kier molecular flexibility index (Phi) is 4.14. The van der Waals surface area contributed by atoms with Crippen LogP contribution in [0.1, 0.15) is 26.2 Å². The average molecular weight is 264 g/mol. The smallest absolute Gasteiger partial charge is 0.139 e. The Hall–Kier alpha value is -1.91. The number of oxime groups is 1. The lowest BCUT2D eigenvalue weighted by molar-refractivity contribution is 0.236. The van der Waals surface area contributed by atoms with Crippen LogP contribution < -0.4 is 15.2 Å². The number of ether oxygens (including phenoxy) is 2. The molecule has 5 heteroatoms. The molecule has 19 heavy (non-hydrogen) atoms. The van der Waals surface area contributed by atoms with Crippen molar-refractivity contribution < 1.29 is 14.7 Å². The second kappa shape index (κ2) is 5.82. The molecular weight excluding hydrogens is 244 g/mol. The van der Waals surface area contributed by atoms with Gasteiger partial charge in [-0.15, -0.1) is 0 Å². The van der Waals surface area contributed by atoms with E-state index in [1.807, 2.05) is 31.2 Å². The summed E-state index contributed by atoms with van der Waals surface area (Å²) in [6.07, 6.45) is 2.70. The van der Waals surface area contributed by atoms with E-state index < -0.39 is 0 Å². The summed E-state index contributed by atoms with van der Waals surface area (Å²) in [5, 5.41) is 11.6. The molecule has 0 spiro atoms. The number of hydrogen-bond donors (Lipinski definition) is 2. The zero-order valence-electron chi connectivity index (χ0n) is 11.1. The van der Waals surface area contributed by atoms with Crippen LogP contribution in [0.15, 0.2) is 29.4 Å². The Morgan fingerprint density at radius 3 is 2.32 bits per heavy atom. The summed E-state index contributed by atoms with van der Waals surface area (Å²) in [6.45, 7) is 3.20. The van der Waals surface area contributed by atoms with Crippen molar-refractivity contribution in [2.75, 3.05) is 13.2 Å². The third-order valence-electron chi connectivity index (χ3n) is 3.32. The van der Waals surface area contributed by atoms with Gasteiger partial charge in [-0.2, -0.15) is 0 Å². The zero-order chi connectivity index (χ0) is 13.7. The molecule has 104 valence electrons. The van der Waals surface area contributed by atoms with Crippen LogP contribution in [-0.4, -0.2) is 24.3 Å². The zero-order valence-corrected chi connectivity index (χ0v) is 11.1. The Balaban J connectivity index is 1.85. The van der Waals surface area contributed by atoms with Crippen molar-refractivity contribution in [3.05, 3.63) is 24.3 Å². The Bertz CT molecular complexity index is 439. The van der Waals surface area contributed by atoms with Gasteiger partial charge in [0.15, 0.2) is 0 Å². The molecule has 0 amide bonds. The average Bonchev–Trinajstić information content (AvgIpc) is 3.18. The molecule has 5 nitrogen and oxygen atoms in total. The summed E-state index contributed by atoms with van der Waals surface area (Å²) in [5.74, 6) is 1.93. The Morgan fingerprint density at radius 2 is 1.84 bits per heavy atom. The minimum atomic E-state index is 0.0505. The topological polar surface area (TPSA) is 77.1 Å². The van der Waals surface area contributed by atoms with Gasteiger partial charge < -0.3 is 20.4 Å². The largest absolute Gasteiger partial charge is 0.494 e. The maximum absolute atomic E-state index is 8.60. The van der Waals surface area contributed by atoms with Crippen molar-refractivity contribution in [3.63, 3.8) is 0 Å². The number of benzene rings is 1. The molecule has 0 aromatic heterocycles. The molecule has 0 aliphatic heterocycles. The van der Waals surface area contributed by atoms with Crippen molar-refractivity contribution in [2.24, 2.45) is 16.3 Å². The highest BCUT2D eigenvalue weighted by atomic mass is 16.5. The summed E-state index contributed by atoms with van der Waals surface area (Å²) < 4.78 is 11.1. The van der Waals surface area contributed by atoms with Crippen LogP contribution in [0.25, 0.3) is 0 Å². The fraction of sp³-hybridized carbons (Fsp3) is 0.500. The normalized spacial score (nSPS) is 17.0. The molecule has 0 heterocycles. The van der Waals surface area contributed by atoms with Crippen LogP contribution in [-0.2, 0) is 0 Å². The monoisotopic (exact) mass is 264 g/mol. The van der Waals surface area contributed by atoms with E-state index in [0.717, 1.165) is 24.3 Å². The molecule has 1 fully saturated rings. The number of amidine groups is 1. The first-order chi connectivity index (χ1) is 9.17. The summed E-state index contributed by atoms with van der Waals surface area (Å²) in [5.41, 5.74) is 5.60. The molecule has 1 saturated carbocycles. The van der Waals surface area contributed by atoms with Crippen LogP contribution in [0.5, 0.6) is 11.5 Å². The molecule has 0 atom stereocenters. The van der Waals surface area contributed by atoms with Gasteiger partial charge >= 0.3 is 0 Å². The molecule has 0 radical (unpaired) electrons. The van der Waals surface area contributed by atoms with Gasteiger partial charge in [-0.3, -0.25) is 0 Å². The lowest BCUT2D eigenvalue weighted by Crippen LogP contribution is -2.22. The highest BCUT2D eigenvalue weighted by molar-refractivity contribution is 5.80. The molecule has 3 N–H and O–H groups in total.